The highest BCUT2D eigenvalue weighted by atomic mass is 15.3. The molecular formula is C25H25N9. The molecule has 2 N–H and O–H groups in total. The monoisotopic (exact) mass is 451 g/mol. The van der Waals surface area contributed by atoms with E-state index in [1.807, 2.05) is 55.8 Å². The Morgan fingerprint density at radius 3 is 2.65 bits per heavy atom. The van der Waals surface area contributed by atoms with Crippen molar-refractivity contribution in [3.05, 3.63) is 78.5 Å². The molecule has 0 saturated carbocycles. The van der Waals surface area contributed by atoms with Crippen molar-refractivity contribution in [3.8, 4) is 11.1 Å². The molecule has 9 heteroatoms. The van der Waals surface area contributed by atoms with Gasteiger partial charge in [0.2, 0.25) is 0 Å². The summed E-state index contributed by atoms with van der Waals surface area (Å²) in [4.78, 5) is 13.5. The zero-order valence-corrected chi connectivity index (χ0v) is 19.3. The summed E-state index contributed by atoms with van der Waals surface area (Å²) in [5.74, 6) is 2.50. The van der Waals surface area contributed by atoms with Gasteiger partial charge in [-0.15, -0.1) is 5.10 Å². The van der Waals surface area contributed by atoms with Gasteiger partial charge in [0.15, 0.2) is 11.6 Å². The normalized spacial score (nSPS) is 11.2. The highest BCUT2D eigenvalue weighted by Crippen LogP contribution is 2.29. The van der Waals surface area contributed by atoms with E-state index in [4.69, 9.17) is 4.98 Å². The average Bonchev–Trinajstić information content (AvgIpc) is 3.23. The minimum absolute atomic E-state index is 0.369. The van der Waals surface area contributed by atoms with E-state index in [0.29, 0.717) is 24.1 Å². The predicted molar refractivity (Wildman–Crippen MR) is 133 cm³/mol. The van der Waals surface area contributed by atoms with Crippen LogP contribution in [0.5, 0.6) is 0 Å². The molecule has 5 aromatic rings. The SMILES string of the molecule is CC(C)c1cnnc(Nc2ccc3ncc(-c4cn(C)nc4NCc4ccncc4)cc3n2)c1. The molecule has 0 atom stereocenters. The Balaban J connectivity index is 1.42. The van der Waals surface area contributed by atoms with Crippen LogP contribution in [0.4, 0.5) is 17.5 Å². The topological polar surface area (TPSA) is 106 Å². The van der Waals surface area contributed by atoms with Crippen molar-refractivity contribution in [1.82, 2.24) is 34.9 Å². The number of aromatic nitrogens is 7. The fourth-order valence-corrected chi connectivity index (χ4v) is 3.63. The molecular weight excluding hydrogens is 426 g/mol. The van der Waals surface area contributed by atoms with E-state index in [9.17, 15) is 0 Å². The largest absolute Gasteiger partial charge is 0.364 e. The van der Waals surface area contributed by atoms with Gasteiger partial charge in [-0.25, -0.2) is 4.98 Å². The molecule has 5 rings (SSSR count). The third-order valence-corrected chi connectivity index (χ3v) is 5.48. The van der Waals surface area contributed by atoms with Crippen LogP contribution < -0.4 is 10.6 Å². The van der Waals surface area contributed by atoms with Gasteiger partial charge >= 0.3 is 0 Å². The van der Waals surface area contributed by atoms with Gasteiger partial charge in [0.05, 0.1) is 17.2 Å². The first kappa shape index (κ1) is 21.4. The number of nitrogens with zero attached hydrogens (tertiary/aromatic N) is 7. The van der Waals surface area contributed by atoms with Crippen molar-refractivity contribution < 1.29 is 0 Å². The molecule has 0 amide bonds. The smallest absolute Gasteiger partial charge is 0.156 e. The standard InChI is InChI=1S/C25H25N9/c1-16(2)18-11-24(32-29-14-18)31-23-5-4-21-22(30-23)10-19(13-27-21)20-15-34(3)33-25(20)28-12-17-6-8-26-9-7-17/h4-11,13-16H,12H2,1-3H3,(H,28,33)(H,30,31,32). The number of rotatable bonds is 7. The van der Waals surface area contributed by atoms with Crippen LogP contribution in [0.1, 0.15) is 30.9 Å². The molecule has 0 unspecified atom stereocenters. The summed E-state index contributed by atoms with van der Waals surface area (Å²) in [5, 5.41) is 19.5. The van der Waals surface area contributed by atoms with Gasteiger partial charge in [-0.3, -0.25) is 14.6 Å². The molecule has 9 nitrogen and oxygen atoms in total. The van der Waals surface area contributed by atoms with Gasteiger partial charge in [-0.05, 0) is 53.4 Å². The van der Waals surface area contributed by atoms with Crippen LogP contribution in [-0.2, 0) is 13.6 Å². The van der Waals surface area contributed by atoms with Gasteiger partial charge in [-0.2, -0.15) is 10.2 Å². The van der Waals surface area contributed by atoms with Crippen LogP contribution in [0, 0.1) is 0 Å². The van der Waals surface area contributed by atoms with Gasteiger partial charge in [-0.1, -0.05) is 13.8 Å². The molecule has 0 aromatic carbocycles. The molecule has 34 heavy (non-hydrogen) atoms. The molecule has 0 fully saturated rings. The number of fused-ring (bicyclic) bond motifs is 1. The van der Waals surface area contributed by atoms with E-state index in [-0.39, 0.29) is 0 Å². The minimum atomic E-state index is 0.369. The number of hydrogen-bond acceptors (Lipinski definition) is 8. The predicted octanol–water partition coefficient (Wildman–Crippen LogP) is 4.69. The summed E-state index contributed by atoms with van der Waals surface area (Å²) < 4.78 is 1.79. The zero-order chi connectivity index (χ0) is 23.5. The molecule has 0 aliphatic rings. The van der Waals surface area contributed by atoms with Crippen molar-refractivity contribution in [3.63, 3.8) is 0 Å². The zero-order valence-electron chi connectivity index (χ0n) is 19.3. The first-order valence-electron chi connectivity index (χ1n) is 11.1. The average molecular weight is 452 g/mol. The van der Waals surface area contributed by atoms with Crippen molar-refractivity contribution in [2.75, 3.05) is 10.6 Å². The maximum absolute atomic E-state index is 4.77. The maximum Gasteiger partial charge on any atom is 0.156 e. The molecule has 0 aliphatic heterocycles. The van der Waals surface area contributed by atoms with E-state index in [1.165, 1.54) is 0 Å². The van der Waals surface area contributed by atoms with E-state index in [2.05, 4.69) is 49.7 Å². The second-order valence-corrected chi connectivity index (χ2v) is 8.39. The maximum atomic E-state index is 4.77. The Bertz CT molecular complexity index is 1430. The van der Waals surface area contributed by atoms with Crippen LogP contribution in [0.15, 0.2) is 67.4 Å². The molecule has 0 bridgehead atoms. The minimum Gasteiger partial charge on any atom is -0.364 e. The lowest BCUT2D eigenvalue weighted by molar-refractivity contribution is 0.768. The Morgan fingerprint density at radius 2 is 1.82 bits per heavy atom. The number of nitrogens with one attached hydrogen (secondary N) is 2. The van der Waals surface area contributed by atoms with Crippen molar-refractivity contribution in [2.24, 2.45) is 7.05 Å². The third kappa shape index (κ3) is 4.68. The fourth-order valence-electron chi connectivity index (χ4n) is 3.63. The van der Waals surface area contributed by atoms with Crippen LogP contribution in [-0.4, -0.2) is 34.9 Å². The quantitative estimate of drug-likeness (QED) is 0.367. The van der Waals surface area contributed by atoms with E-state index in [0.717, 1.165) is 39.1 Å². The van der Waals surface area contributed by atoms with E-state index >= 15 is 0 Å². The van der Waals surface area contributed by atoms with Crippen LogP contribution in [0.3, 0.4) is 0 Å². The van der Waals surface area contributed by atoms with Crippen LogP contribution >= 0.6 is 0 Å². The summed E-state index contributed by atoms with van der Waals surface area (Å²) in [6, 6.07) is 11.8. The van der Waals surface area contributed by atoms with Gasteiger partial charge in [0, 0.05) is 49.5 Å². The lowest BCUT2D eigenvalue weighted by Gasteiger charge is -2.09. The Hall–Kier alpha value is -4.40. The lowest BCUT2D eigenvalue weighted by Crippen LogP contribution is -2.02. The third-order valence-electron chi connectivity index (χ3n) is 5.48. The molecule has 0 radical (unpaired) electrons. The Kier molecular flexibility index (Phi) is 5.82. The molecule has 0 aliphatic carbocycles. The highest BCUT2D eigenvalue weighted by molar-refractivity contribution is 5.84. The molecule has 0 spiro atoms. The van der Waals surface area contributed by atoms with Crippen LogP contribution in [0.2, 0.25) is 0 Å². The molecule has 170 valence electrons. The number of hydrogen-bond donors (Lipinski definition) is 2. The first-order valence-corrected chi connectivity index (χ1v) is 11.1. The molecule has 0 saturated heterocycles. The highest BCUT2D eigenvalue weighted by Gasteiger charge is 2.12. The number of pyridine rings is 3. The Labute approximate surface area is 197 Å². The second-order valence-electron chi connectivity index (χ2n) is 8.39. The van der Waals surface area contributed by atoms with Crippen LogP contribution in [0.25, 0.3) is 22.2 Å². The van der Waals surface area contributed by atoms with Crippen molar-refractivity contribution in [2.45, 2.75) is 26.3 Å². The first-order chi connectivity index (χ1) is 16.5. The molecule has 5 aromatic heterocycles. The Morgan fingerprint density at radius 1 is 0.971 bits per heavy atom. The summed E-state index contributed by atoms with van der Waals surface area (Å²) in [6.45, 7) is 4.90. The summed E-state index contributed by atoms with van der Waals surface area (Å²) in [6.07, 6.45) is 9.18. The van der Waals surface area contributed by atoms with E-state index < -0.39 is 0 Å². The van der Waals surface area contributed by atoms with E-state index in [1.54, 1.807) is 23.3 Å². The number of anilines is 3. The lowest BCUT2D eigenvalue weighted by atomic mass is 10.1. The van der Waals surface area contributed by atoms with Crippen molar-refractivity contribution >= 4 is 28.5 Å². The summed E-state index contributed by atoms with van der Waals surface area (Å²) in [7, 11) is 1.90. The summed E-state index contributed by atoms with van der Waals surface area (Å²) in [5.41, 5.74) is 5.73. The fraction of sp³-hybridized carbons (Fsp3) is 0.200. The van der Waals surface area contributed by atoms with Gasteiger partial charge in [0.1, 0.15) is 5.82 Å². The number of aryl methyl sites for hydroxylation is 1. The second kappa shape index (κ2) is 9.22. The summed E-state index contributed by atoms with van der Waals surface area (Å²) >= 11 is 0. The van der Waals surface area contributed by atoms with Gasteiger partial charge in [0.25, 0.3) is 0 Å². The van der Waals surface area contributed by atoms with Crippen molar-refractivity contribution in [1.29, 1.82) is 0 Å². The van der Waals surface area contributed by atoms with Gasteiger partial charge < -0.3 is 10.6 Å². The molecule has 5 heterocycles.